The number of unbranched alkanes of at least 4 members (excludes halogenated alkanes) is 2. The Morgan fingerprint density at radius 1 is 1.46 bits per heavy atom. The van der Waals surface area contributed by atoms with Crippen LogP contribution in [-0.2, 0) is 4.74 Å². The maximum Gasteiger partial charge on any atom is 0.124 e. The van der Waals surface area contributed by atoms with Gasteiger partial charge >= 0.3 is 0 Å². The quantitative estimate of drug-likeness (QED) is 0.596. The molecule has 73 valence electrons. The summed E-state index contributed by atoms with van der Waals surface area (Å²) in [6.45, 7) is 4.41. The van der Waals surface area contributed by atoms with Gasteiger partial charge in [0.25, 0.3) is 0 Å². The average Bonchev–Trinajstić information content (AvgIpc) is 2.19. The van der Waals surface area contributed by atoms with Gasteiger partial charge in [-0.2, -0.15) is 0 Å². The van der Waals surface area contributed by atoms with Crippen molar-refractivity contribution in [1.29, 1.82) is 0 Å². The summed E-state index contributed by atoms with van der Waals surface area (Å²) in [5.41, 5.74) is 0. The van der Waals surface area contributed by atoms with E-state index in [2.05, 4.69) is 19.2 Å². The largest absolute Gasteiger partial charge is 0.466 e. The maximum absolute atomic E-state index is 5.36. The van der Waals surface area contributed by atoms with Crippen LogP contribution in [0.2, 0.25) is 0 Å². The first-order valence-electron chi connectivity index (χ1n) is 5.06. The van der Waals surface area contributed by atoms with Crippen molar-refractivity contribution >= 4 is 0 Å². The van der Waals surface area contributed by atoms with Crippen LogP contribution in [0.4, 0.5) is 0 Å². The molecule has 0 bridgehead atoms. The predicted octanol–water partition coefficient (Wildman–Crippen LogP) is 3.15. The predicted molar refractivity (Wildman–Crippen MR) is 53.7 cm³/mol. The highest BCUT2D eigenvalue weighted by molar-refractivity contribution is 5.03. The molecule has 0 amide bonds. The van der Waals surface area contributed by atoms with Crippen LogP contribution in [-0.4, -0.2) is 0 Å². The summed E-state index contributed by atoms with van der Waals surface area (Å²) in [6, 6.07) is 0. The molecule has 0 aromatic rings. The van der Waals surface area contributed by atoms with E-state index < -0.39 is 0 Å². The van der Waals surface area contributed by atoms with Gasteiger partial charge in [-0.15, -0.1) is 0 Å². The molecule has 1 unspecified atom stereocenters. The number of allylic oxidation sites excluding steroid dienone is 1. The molecule has 0 aliphatic carbocycles. The third-order valence-electron chi connectivity index (χ3n) is 2.28. The molecule has 1 radical (unpaired) electrons. The molecule has 0 aromatic carbocycles. The zero-order valence-electron chi connectivity index (χ0n) is 8.49. The summed E-state index contributed by atoms with van der Waals surface area (Å²) in [5, 5.41) is 4.04. The highest BCUT2D eigenvalue weighted by atomic mass is 16.5. The van der Waals surface area contributed by atoms with Crippen LogP contribution in [0.15, 0.2) is 24.4 Å². The van der Waals surface area contributed by atoms with Crippen molar-refractivity contribution in [2.24, 2.45) is 5.92 Å². The first-order valence-corrected chi connectivity index (χ1v) is 5.06. The smallest absolute Gasteiger partial charge is 0.124 e. The second-order valence-corrected chi connectivity index (χ2v) is 3.48. The van der Waals surface area contributed by atoms with Gasteiger partial charge < -0.3 is 4.74 Å². The summed E-state index contributed by atoms with van der Waals surface area (Å²) in [4.78, 5) is 0. The third kappa shape index (κ3) is 3.53. The van der Waals surface area contributed by atoms with Crippen molar-refractivity contribution in [2.75, 3.05) is 0 Å². The van der Waals surface area contributed by atoms with Crippen molar-refractivity contribution in [1.82, 2.24) is 5.32 Å². The fourth-order valence-electron chi connectivity index (χ4n) is 1.38. The van der Waals surface area contributed by atoms with Gasteiger partial charge in [0.15, 0.2) is 0 Å². The Hall–Kier alpha value is -0.920. The van der Waals surface area contributed by atoms with Crippen LogP contribution in [0.5, 0.6) is 0 Å². The highest BCUT2D eigenvalue weighted by Crippen LogP contribution is 2.20. The maximum atomic E-state index is 5.36. The zero-order chi connectivity index (χ0) is 9.52. The van der Waals surface area contributed by atoms with Gasteiger partial charge in [0.1, 0.15) is 12.0 Å². The lowest BCUT2D eigenvalue weighted by Gasteiger charge is -2.16. The van der Waals surface area contributed by atoms with Gasteiger partial charge in [0.2, 0.25) is 0 Å². The lowest BCUT2D eigenvalue weighted by molar-refractivity contribution is 0.275. The van der Waals surface area contributed by atoms with E-state index in [1.807, 2.05) is 6.20 Å². The molecule has 1 aliphatic rings. The van der Waals surface area contributed by atoms with Gasteiger partial charge in [0, 0.05) is 5.92 Å². The number of rotatable bonds is 5. The number of ether oxygens (including phenoxy) is 1. The molecule has 0 N–H and O–H groups in total. The molecule has 13 heavy (non-hydrogen) atoms. The molecule has 0 aromatic heterocycles. The molecule has 1 aliphatic heterocycles. The Bertz CT molecular complexity index is 196. The normalized spacial score (nSPS) is 17.2. The molecule has 0 saturated carbocycles. The van der Waals surface area contributed by atoms with Crippen LogP contribution >= 0.6 is 0 Å². The second-order valence-electron chi connectivity index (χ2n) is 3.48. The minimum Gasteiger partial charge on any atom is -0.466 e. The third-order valence-corrected chi connectivity index (χ3v) is 2.28. The molecule has 2 nitrogen and oxygen atoms in total. The Balaban J connectivity index is 2.22. The average molecular weight is 180 g/mol. The topological polar surface area (TPSA) is 23.3 Å². The first kappa shape index (κ1) is 10.2. The van der Waals surface area contributed by atoms with Gasteiger partial charge in [-0.05, 0) is 6.42 Å². The summed E-state index contributed by atoms with van der Waals surface area (Å²) in [5.74, 6) is 1.50. The van der Waals surface area contributed by atoms with Crippen LogP contribution in [0.25, 0.3) is 0 Å². The van der Waals surface area contributed by atoms with Crippen LogP contribution < -0.4 is 5.32 Å². The molecule has 0 spiro atoms. The second kappa shape index (κ2) is 5.68. The lowest BCUT2D eigenvalue weighted by Crippen LogP contribution is -2.06. The van der Waals surface area contributed by atoms with E-state index in [0.717, 1.165) is 5.76 Å². The first-order chi connectivity index (χ1) is 6.34. The molecule has 1 rings (SSSR count). The molecule has 0 saturated heterocycles. The Labute approximate surface area is 80.7 Å². The monoisotopic (exact) mass is 180 g/mol. The Morgan fingerprint density at radius 3 is 2.92 bits per heavy atom. The summed E-state index contributed by atoms with van der Waals surface area (Å²) >= 11 is 0. The van der Waals surface area contributed by atoms with E-state index in [0.29, 0.717) is 5.92 Å². The Kier molecular flexibility index (Phi) is 4.44. The van der Waals surface area contributed by atoms with Gasteiger partial charge in [-0.25, -0.2) is 0 Å². The van der Waals surface area contributed by atoms with Crippen molar-refractivity contribution in [2.45, 2.75) is 39.5 Å². The fraction of sp³-hybridized carbons (Fsp3) is 0.636. The van der Waals surface area contributed by atoms with Crippen molar-refractivity contribution < 1.29 is 4.74 Å². The number of nitrogens with zero attached hydrogens (tertiary/aromatic N) is 1. The van der Waals surface area contributed by atoms with Crippen LogP contribution in [0.3, 0.4) is 0 Å². The summed E-state index contributed by atoms with van der Waals surface area (Å²) < 4.78 is 5.36. The van der Waals surface area contributed by atoms with E-state index in [1.54, 1.807) is 12.5 Å². The van der Waals surface area contributed by atoms with Gasteiger partial charge in [0.05, 0.1) is 12.4 Å². The molecule has 1 heterocycles. The Morgan fingerprint density at radius 2 is 2.31 bits per heavy atom. The highest BCUT2D eigenvalue weighted by Gasteiger charge is 2.10. The molecule has 0 fully saturated rings. The van der Waals surface area contributed by atoms with E-state index in [1.165, 1.54) is 25.7 Å². The van der Waals surface area contributed by atoms with Crippen molar-refractivity contribution in [3.8, 4) is 0 Å². The van der Waals surface area contributed by atoms with E-state index in [9.17, 15) is 0 Å². The minimum absolute atomic E-state index is 0.500. The van der Waals surface area contributed by atoms with E-state index in [4.69, 9.17) is 4.74 Å². The SMILES string of the molecule is CCCCCC(C)C1=C[N]C=CO1. The molecule has 1 atom stereocenters. The summed E-state index contributed by atoms with van der Waals surface area (Å²) in [7, 11) is 0. The minimum atomic E-state index is 0.500. The van der Waals surface area contributed by atoms with Crippen molar-refractivity contribution in [3.63, 3.8) is 0 Å². The molecular formula is C11H18NO. The summed E-state index contributed by atoms with van der Waals surface area (Å²) in [6.07, 6.45) is 10.2. The van der Waals surface area contributed by atoms with Crippen molar-refractivity contribution in [3.05, 3.63) is 24.4 Å². The zero-order valence-corrected chi connectivity index (χ0v) is 8.49. The molecular weight excluding hydrogens is 162 g/mol. The standard InChI is InChI=1S/C11H18NO/c1-3-4-5-6-10(2)11-9-12-7-8-13-11/h7-10H,3-6H2,1-2H3. The fourth-order valence-corrected chi connectivity index (χ4v) is 1.38. The molecule has 2 heteroatoms. The van der Waals surface area contributed by atoms with E-state index >= 15 is 0 Å². The van der Waals surface area contributed by atoms with Crippen LogP contribution in [0.1, 0.15) is 39.5 Å². The van der Waals surface area contributed by atoms with Gasteiger partial charge in [-0.3, -0.25) is 5.32 Å². The number of hydrogen-bond donors (Lipinski definition) is 0. The van der Waals surface area contributed by atoms with E-state index in [-0.39, 0.29) is 0 Å². The number of hydrogen-bond acceptors (Lipinski definition) is 1. The van der Waals surface area contributed by atoms with Gasteiger partial charge in [-0.1, -0.05) is 33.1 Å². The lowest BCUT2D eigenvalue weighted by atomic mass is 10.0. The van der Waals surface area contributed by atoms with Crippen LogP contribution in [0, 0.1) is 5.92 Å².